The molecule has 1 fully saturated rings. The van der Waals surface area contributed by atoms with E-state index in [1.807, 2.05) is 11.3 Å². The normalized spacial score (nSPS) is 17.4. The number of rotatable bonds is 3. The molecule has 2 nitrogen and oxygen atoms in total. The number of nitrogens with one attached hydrogen (secondary N) is 1. The van der Waals surface area contributed by atoms with Crippen molar-refractivity contribution in [3.8, 4) is 0 Å². The molecular formula is C12H21ClN2S. The van der Waals surface area contributed by atoms with Crippen LogP contribution in [0.15, 0.2) is 12.1 Å². The Labute approximate surface area is 108 Å². The molecule has 2 heterocycles. The lowest BCUT2D eigenvalue weighted by Crippen LogP contribution is -2.40. The maximum absolute atomic E-state index is 3.41. The molecule has 0 atom stereocenters. The van der Waals surface area contributed by atoms with Crippen LogP contribution in [0.4, 0.5) is 0 Å². The maximum atomic E-state index is 3.41. The molecule has 0 radical (unpaired) electrons. The second kappa shape index (κ2) is 6.60. The predicted octanol–water partition coefficient (Wildman–Crippen LogP) is 2.66. The van der Waals surface area contributed by atoms with E-state index in [4.69, 9.17) is 0 Å². The highest BCUT2D eigenvalue weighted by atomic mass is 35.5. The van der Waals surface area contributed by atoms with E-state index >= 15 is 0 Å². The zero-order chi connectivity index (χ0) is 10.7. The summed E-state index contributed by atoms with van der Waals surface area (Å²) in [4.78, 5) is 5.42. The van der Waals surface area contributed by atoms with Gasteiger partial charge in [0.05, 0.1) is 0 Å². The van der Waals surface area contributed by atoms with E-state index in [1.165, 1.54) is 35.7 Å². The first kappa shape index (κ1) is 14.0. The van der Waals surface area contributed by atoms with E-state index in [0.717, 1.165) is 12.6 Å². The molecule has 0 amide bonds. The Morgan fingerprint density at radius 3 is 2.62 bits per heavy atom. The first-order valence-corrected chi connectivity index (χ1v) is 6.53. The van der Waals surface area contributed by atoms with Gasteiger partial charge in [0.1, 0.15) is 0 Å². The van der Waals surface area contributed by atoms with Crippen molar-refractivity contribution in [2.24, 2.45) is 0 Å². The van der Waals surface area contributed by atoms with Gasteiger partial charge < -0.3 is 5.32 Å². The standard InChI is InChI=1S/C12H20N2S.ClH/c1-10-3-4-12(15-10)9-14(2)11-5-7-13-8-6-11;/h3-4,11,13H,5-9H2,1-2H3;1H. The zero-order valence-corrected chi connectivity index (χ0v) is 11.7. The minimum absolute atomic E-state index is 0. The molecule has 1 aliphatic rings. The van der Waals surface area contributed by atoms with Crippen LogP contribution in [0, 0.1) is 6.92 Å². The van der Waals surface area contributed by atoms with Crippen molar-refractivity contribution in [3.05, 3.63) is 21.9 Å². The van der Waals surface area contributed by atoms with E-state index < -0.39 is 0 Å². The van der Waals surface area contributed by atoms with Crippen LogP contribution in [0.1, 0.15) is 22.6 Å². The first-order valence-electron chi connectivity index (χ1n) is 5.72. The molecule has 1 aliphatic heterocycles. The maximum Gasteiger partial charge on any atom is 0.0327 e. The van der Waals surface area contributed by atoms with Gasteiger partial charge in [-0.1, -0.05) is 0 Å². The molecule has 0 unspecified atom stereocenters. The van der Waals surface area contributed by atoms with Gasteiger partial charge in [-0.25, -0.2) is 0 Å². The first-order chi connectivity index (χ1) is 7.25. The smallest absolute Gasteiger partial charge is 0.0327 e. The van der Waals surface area contributed by atoms with Crippen LogP contribution in [-0.2, 0) is 6.54 Å². The molecule has 0 spiro atoms. The van der Waals surface area contributed by atoms with Gasteiger partial charge in [0.2, 0.25) is 0 Å². The summed E-state index contributed by atoms with van der Waals surface area (Å²) in [7, 11) is 2.26. The van der Waals surface area contributed by atoms with Crippen molar-refractivity contribution in [2.45, 2.75) is 32.4 Å². The van der Waals surface area contributed by atoms with E-state index in [0.29, 0.717) is 0 Å². The largest absolute Gasteiger partial charge is 0.317 e. The molecule has 1 saturated heterocycles. The third-order valence-corrected chi connectivity index (χ3v) is 4.12. The highest BCUT2D eigenvalue weighted by Crippen LogP contribution is 2.19. The molecule has 92 valence electrons. The molecular weight excluding hydrogens is 240 g/mol. The molecule has 1 aromatic heterocycles. The number of nitrogens with zero attached hydrogens (tertiary/aromatic N) is 1. The zero-order valence-electron chi connectivity index (χ0n) is 10.0. The molecule has 0 saturated carbocycles. The number of hydrogen-bond donors (Lipinski definition) is 1. The third kappa shape index (κ3) is 3.74. The molecule has 1 N–H and O–H groups in total. The van der Waals surface area contributed by atoms with Gasteiger partial charge in [-0.3, -0.25) is 4.90 Å². The summed E-state index contributed by atoms with van der Waals surface area (Å²) >= 11 is 1.92. The summed E-state index contributed by atoms with van der Waals surface area (Å²) in [6, 6.07) is 5.25. The summed E-state index contributed by atoms with van der Waals surface area (Å²) in [6.45, 7) is 5.65. The average Bonchev–Trinajstić information content (AvgIpc) is 2.65. The fourth-order valence-corrected chi connectivity index (χ4v) is 3.15. The van der Waals surface area contributed by atoms with Gasteiger partial charge in [-0.15, -0.1) is 23.7 Å². The van der Waals surface area contributed by atoms with Gasteiger partial charge in [-0.2, -0.15) is 0 Å². The summed E-state index contributed by atoms with van der Waals surface area (Å²) in [6.07, 6.45) is 2.59. The van der Waals surface area contributed by atoms with E-state index in [2.05, 4.69) is 36.3 Å². The Kier molecular flexibility index (Phi) is 5.76. The van der Waals surface area contributed by atoms with Crippen molar-refractivity contribution in [3.63, 3.8) is 0 Å². The molecule has 2 rings (SSSR count). The summed E-state index contributed by atoms with van der Waals surface area (Å²) in [5.41, 5.74) is 0. The van der Waals surface area contributed by atoms with Crippen molar-refractivity contribution in [2.75, 3.05) is 20.1 Å². The minimum atomic E-state index is 0. The van der Waals surface area contributed by atoms with Gasteiger partial charge in [0, 0.05) is 22.3 Å². The molecule has 1 aromatic rings. The second-order valence-electron chi connectivity index (χ2n) is 4.41. The van der Waals surface area contributed by atoms with Gasteiger partial charge in [0.25, 0.3) is 0 Å². The Hall–Kier alpha value is -0.0900. The molecule has 0 bridgehead atoms. The van der Waals surface area contributed by atoms with Crippen LogP contribution < -0.4 is 5.32 Å². The Bertz CT molecular complexity index is 308. The van der Waals surface area contributed by atoms with Gasteiger partial charge in [-0.05, 0) is 52.0 Å². The number of aryl methyl sites for hydroxylation is 1. The van der Waals surface area contributed by atoms with Crippen LogP contribution in [0.2, 0.25) is 0 Å². The van der Waals surface area contributed by atoms with Crippen LogP contribution in [0.3, 0.4) is 0 Å². The SMILES string of the molecule is Cc1ccc(CN(C)C2CCNCC2)s1.Cl. The number of thiophene rings is 1. The van der Waals surface area contributed by atoms with Crippen molar-refractivity contribution in [1.82, 2.24) is 10.2 Å². The Morgan fingerprint density at radius 2 is 2.06 bits per heavy atom. The van der Waals surface area contributed by atoms with Crippen molar-refractivity contribution >= 4 is 23.7 Å². The highest BCUT2D eigenvalue weighted by Gasteiger charge is 2.17. The van der Waals surface area contributed by atoms with Crippen molar-refractivity contribution < 1.29 is 0 Å². The quantitative estimate of drug-likeness (QED) is 0.899. The Balaban J connectivity index is 0.00000128. The molecule has 16 heavy (non-hydrogen) atoms. The van der Waals surface area contributed by atoms with Crippen LogP contribution in [0.25, 0.3) is 0 Å². The molecule has 4 heteroatoms. The van der Waals surface area contributed by atoms with Crippen LogP contribution in [-0.4, -0.2) is 31.1 Å². The lowest BCUT2D eigenvalue weighted by Gasteiger charge is -2.31. The van der Waals surface area contributed by atoms with Crippen LogP contribution >= 0.6 is 23.7 Å². The highest BCUT2D eigenvalue weighted by molar-refractivity contribution is 7.11. The molecule has 0 aromatic carbocycles. The average molecular weight is 261 g/mol. The number of piperidine rings is 1. The van der Waals surface area contributed by atoms with E-state index in [9.17, 15) is 0 Å². The third-order valence-electron chi connectivity index (χ3n) is 3.13. The lowest BCUT2D eigenvalue weighted by atomic mass is 10.1. The van der Waals surface area contributed by atoms with Crippen molar-refractivity contribution in [1.29, 1.82) is 0 Å². The number of halogens is 1. The second-order valence-corrected chi connectivity index (χ2v) is 5.78. The van der Waals surface area contributed by atoms with Crippen LogP contribution in [0.5, 0.6) is 0 Å². The topological polar surface area (TPSA) is 15.3 Å². The van der Waals surface area contributed by atoms with E-state index in [1.54, 1.807) is 0 Å². The number of hydrogen-bond acceptors (Lipinski definition) is 3. The monoisotopic (exact) mass is 260 g/mol. The molecule has 0 aliphatic carbocycles. The van der Waals surface area contributed by atoms with Gasteiger partial charge >= 0.3 is 0 Å². The summed E-state index contributed by atoms with van der Waals surface area (Å²) in [5.74, 6) is 0. The van der Waals surface area contributed by atoms with Gasteiger partial charge in [0.15, 0.2) is 0 Å². The fraction of sp³-hybridized carbons (Fsp3) is 0.667. The predicted molar refractivity (Wildman–Crippen MR) is 73.7 cm³/mol. The summed E-state index contributed by atoms with van der Waals surface area (Å²) < 4.78 is 0. The fourth-order valence-electron chi connectivity index (χ4n) is 2.19. The minimum Gasteiger partial charge on any atom is -0.317 e. The lowest BCUT2D eigenvalue weighted by molar-refractivity contribution is 0.193. The van der Waals surface area contributed by atoms with E-state index in [-0.39, 0.29) is 12.4 Å². The Morgan fingerprint density at radius 1 is 1.38 bits per heavy atom. The summed E-state index contributed by atoms with van der Waals surface area (Å²) in [5, 5.41) is 3.41.